The molecule has 3 aromatic carbocycles. The Hall–Kier alpha value is -2.02. The highest BCUT2D eigenvalue weighted by Crippen LogP contribution is 2.32. The lowest BCUT2D eigenvalue weighted by Gasteiger charge is -2.10. The molecule has 84 valence electrons. The second-order valence-corrected chi connectivity index (χ2v) is 4.69. The first-order valence-electron chi connectivity index (χ1n) is 5.85. The summed E-state index contributed by atoms with van der Waals surface area (Å²) in [6.45, 7) is 4.27. The molecule has 0 aliphatic heterocycles. The predicted molar refractivity (Wildman–Crippen MR) is 75.3 cm³/mol. The summed E-state index contributed by atoms with van der Waals surface area (Å²) in [4.78, 5) is 0. The first-order chi connectivity index (χ1) is 8.16. The smallest absolute Gasteiger partial charge is 0.0400 e. The minimum atomic E-state index is 0.859. The molecule has 2 N–H and O–H groups in total. The number of anilines is 1. The van der Waals surface area contributed by atoms with Gasteiger partial charge in [-0.3, -0.25) is 0 Å². The van der Waals surface area contributed by atoms with E-state index < -0.39 is 0 Å². The van der Waals surface area contributed by atoms with Crippen LogP contribution >= 0.6 is 0 Å². The van der Waals surface area contributed by atoms with Crippen molar-refractivity contribution in [3.63, 3.8) is 0 Å². The first kappa shape index (κ1) is 10.2. The number of rotatable bonds is 0. The van der Waals surface area contributed by atoms with Gasteiger partial charge in [0.1, 0.15) is 0 Å². The van der Waals surface area contributed by atoms with Crippen molar-refractivity contribution >= 4 is 27.2 Å². The van der Waals surface area contributed by atoms with E-state index >= 15 is 0 Å². The van der Waals surface area contributed by atoms with E-state index in [1.165, 1.54) is 27.3 Å². The third-order valence-corrected chi connectivity index (χ3v) is 3.37. The molecule has 0 saturated heterocycles. The van der Waals surface area contributed by atoms with Gasteiger partial charge in [0.2, 0.25) is 0 Å². The van der Waals surface area contributed by atoms with Crippen molar-refractivity contribution in [3.8, 4) is 0 Å². The Labute approximate surface area is 101 Å². The molecular weight excluding hydrogens is 206 g/mol. The Kier molecular flexibility index (Phi) is 2.08. The maximum Gasteiger partial charge on any atom is 0.0400 e. The molecule has 1 heteroatoms. The lowest BCUT2D eigenvalue weighted by atomic mass is 9.96. The van der Waals surface area contributed by atoms with Gasteiger partial charge in [0.05, 0.1) is 0 Å². The zero-order valence-corrected chi connectivity index (χ0v) is 10.1. The predicted octanol–water partition coefficient (Wildman–Crippen LogP) is 4.19. The van der Waals surface area contributed by atoms with Crippen LogP contribution in [0.25, 0.3) is 21.5 Å². The Bertz CT molecular complexity index is 726. The average Bonchev–Trinajstić information content (AvgIpc) is 2.28. The standard InChI is InChI=1S/C16H15N/c1-10-6-7-13-14(8-10)16-11(2)4-3-5-12(16)9-15(13)17/h3-9H,17H2,1-2H3. The zero-order valence-electron chi connectivity index (χ0n) is 10.1. The number of hydrogen-bond donors (Lipinski definition) is 1. The van der Waals surface area contributed by atoms with Gasteiger partial charge in [0.25, 0.3) is 0 Å². The summed E-state index contributed by atoms with van der Waals surface area (Å²) in [5, 5.41) is 4.96. The van der Waals surface area contributed by atoms with Crippen molar-refractivity contribution in [1.82, 2.24) is 0 Å². The van der Waals surface area contributed by atoms with Crippen molar-refractivity contribution in [2.75, 3.05) is 5.73 Å². The Morgan fingerprint density at radius 3 is 2.53 bits per heavy atom. The highest BCUT2D eigenvalue weighted by atomic mass is 14.5. The molecule has 0 aliphatic rings. The molecule has 0 bridgehead atoms. The minimum Gasteiger partial charge on any atom is -0.398 e. The van der Waals surface area contributed by atoms with Crippen LogP contribution in [0.1, 0.15) is 11.1 Å². The third kappa shape index (κ3) is 1.47. The van der Waals surface area contributed by atoms with Crippen molar-refractivity contribution in [1.29, 1.82) is 0 Å². The van der Waals surface area contributed by atoms with E-state index in [4.69, 9.17) is 5.73 Å². The Morgan fingerprint density at radius 1 is 0.882 bits per heavy atom. The highest BCUT2D eigenvalue weighted by Gasteiger charge is 2.06. The van der Waals surface area contributed by atoms with Crippen LogP contribution in [0.15, 0.2) is 42.5 Å². The van der Waals surface area contributed by atoms with Gasteiger partial charge in [0.15, 0.2) is 0 Å². The topological polar surface area (TPSA) is 26.0 Å². The molecule has 0 radical (unpaired) electrons. The molecule has 3 aromatic rings. The monoisotopic (exact) mass is 221 g/mol. The van der Waals surface area contributed by atoms with Crippen molar-refractivity contribution in [2.24, 2.45) is 0 Å². The van der Waals surface area contributed by atoms with E-state index in [0.29, 0.717) is 0 Å². The fourth-order valence-electron chi connectivity index (χ4n) is 2.54. The maximum atomic E-state index is 6.12. The van der Waals surface area contributed by atoms with Crippen LogP contribution in [0, 0.1) is 13.8 Å². The fraction of sp³-hybridized carbons (Fsp3) is 0.125. The molecule has 0 saturated carbocycles. The summed E-state index contributed by atoms with van der Waals surface area (Å²) in [6, 6.07) is 14.9. The molecule has 0 unspecified atom stereocenters. The highest BCUT2D eigenvalue weighted by molar-refractivity contribution is 6.13. The molecule has 0 heterocycles. The number of hydrogen-bond acceptors (Lipinski definition) is 1. The molecule has 0 atom stereocenters. The van der Waals surface area contributed by atoms with E-state index in [1.807, 2.05) is 0 Å². The molecule has 3 rings (SSSR count). The first-order valence-corrected chi connectivity index (χ1v) is 5.85. The summed E-state index contributed by atoms with van der Waals surface area (Å²) in [7, 11) is 0. The number of nitrogen functional groups attached to an aromatic ring is 1. The van der Waals surface area contributed by atoms with Gasteiger partial charge >= 0.3 is 0 Å². The molecular formula is C16H15N. The summed E-state index contributed by atoms with van der Waals surface area (Å²) < 4.78 is 0. The van der Waals surface area contributed by atoms with E-state index in [0.717, 1.165) is 11.1 Å². The molecule has 0 aromatic heterocycles. The SMILES string of the molecule is Cc1ccc2c(N)cc3cccc(C)c3c2c1. The van der Waals surface area contributed by atoms with E-state index in [-0.39, 0.29) is 0 Å². The third-order valence-electron chi connectivity index (χ3n) is 3.37. The Morgan fingerprint density at radius 2 is 1.71 bits per heavy atom. The van der Waals surface area contributed by atoms with Gasteiger partial charge in [0, 0.05) is 11.1 Å². The molecule has 0 amide bonds. The van der Waals surface area contributed by atoms with Gasteiger partial charge in [-0.05, 0) is 41.6 Å². The second-order valence-electron chi connectivity index (χ2n) is 4.69. The largest absolute Gasteiger partial charge is 0.398 e. The van der Waals surface area contributed by atoms with Crippen LogP contribution in [0.2, 0.25) is 0 Å². The van der Waals surface area contributed by atoms with Crippen molar-refractivity contribution in [2.45, 2.75) is 13.8 Å². The van der Waals surface area contributed by atoms with Crippen LogP contribution in [-0.4, -0.2) is 0 Å². The molecule has 1 nitrogen and oxygen atoms in total. The number of benzene rings is 3. The molecule has 0 aliphatic carbocycles. The zero-order chi connectivity index (χ0) is 12.0. The van der Waals surface area contributed by atoms with Gasteiger partial charge in [-0.2, -0.15) is 0 Å². The number of aryl methyl sites for hydroxylation is 2. The van der Waals surface area contributed by atoms with E-state index in [9.17, 15) is 0 Å². The summed E-state index contributed by atoms with van der Waals surface area (Å²) in [5.74, 6) is 0. The van der Waals surface area contributed by atoms with Gasteiger partial charge < -0.3 is 5.73 Å². The summed E-state index contributed by atoms with van der Waals surface area (Å²) in [5.41, 5.74) is 9.56. The quantitative estimate of drug-likeness (QED) is 0.447. The summed E-state index contributed by atoms with van der Waals surface area (Å²) >= 11 is 0. The lowest BCUT2D eigenvalue weighted by molar-refractivity contribution is 1.50. The Balaban J connectivity index is 2.65. The van der Waals surface area contributed by atoms with Crippen LogP contribution in [-0.2, 0) is 0 Å². The molecule has 17 heavy (non-hydrogen) atoms. The average molecular weight is 221 g/mol. The van der Waals surface area contributed by atoms with Gasteiger partial charge in [-0.15, -0.1) is 0 Å². The van der Waals surface area contributed by atoms with Gasteiger partial charge in [-0.1, -0.05) is 42.0 Å². The number of fused-ring (bicyclic) bond motifs is 3. The normalized spacial score (nSPS) is 11.2. The van der Waals surface area contributed by atoms with Crippen LogP contribution in [0.3, 0.4) is 0 Å². The molecule has 0 spiro atoms. The van der Waals surface area contributed by atoms with E-state index in [1.54, 1.807) is 0 Å². The van der Waals surface area contributed by atoms with E-state index in [2.05, 4.69) is 56.3 Å². The summed E-state index contributed by atoms with van der Waals surface area (Å²) in [6.07, 6.45) is 0. The molecule has 0 fully saturated rings. The fourth-order valence-corrected chi connectivity index (χ4v) is 2.54. The number of nitrogens with two attached hydrogens (primary N) is 1. The van der Waals surface area contributed by atoms with Gasteiger partial charge in [-0.25, -0.2) is 0 Å². The van der Waals surface area contributed by atoms with Crippen LogP contribution < -0.4 is 5.73 Å². The minimum absolute atomic E-state index is 0.859. The van der Waals surface area contributed by atoms with Crippen LogP contribution in [0.5, 0.6) is 0 Å². The second kappa shape index (κ2) is 3.49. The van der Waals surface area contributed by atoms with Crippen molar-refractivity contribution in [3.05, 3.63) is 53.6 Å². The lowest BCUT2D eigenvalue weighted by Crippen LogP contribution is -1.90. The van der Waals surface area contributed by atoms with Crippen LogP contribution in [0.4, 0.5) is 5.69 Å². The van der Waals surface area contributed by atoms with Crippen molar-refractivity contribution < 1.29 is 0 Å². The maximum absolute atomic E-state index is 6.12.